The minimum absolute atomic E-state index is 0. The van der Waals surface area contributed by atoms with Crippen molar-refractivity contribution in [2.24, 2.45) is 0 Å². The molecular weight excluding hydrogens is 233 g/mol. The van der Waals surface area contributed by atoms with E-state index in [9.17, 15) is 21.6 Å². The van der Waals surface area contributed by atoms with E-state index in [1.807, 2.05) is 0 Å². The highest BCUT2D eigenvalue weighted by Crippen LogP contribution is 2.28. The topological polar surface area (TPSA) is 65.0 Å². The fraction of sp³-hybridized carbons (Fsp3) is 1.00. The zero-order chi connectivity index (χ0) is 9.57. The van der Waals surface area contributed by atoms with Gasteiger partial charge in [0.25, 0.3) is 0 Å². The zero-order valence-corrected chi connectivity index (χ0v) is 7.95. The molecular formula is C4H8ClF3N2O2S. The van der Waals surface area contributed by atoms with Crippen LogP contribution < -0.4 is 18.1 Å². The van der Waals surface area contributed by atoms with E-state index in [1.165, 1.54) is 0 Å². The third-order valence-corrected chi connectivity index (χ3v) is 3.12. The van der Waals surface area contributed by atoms with Gasteiger partial charge in [-0.2, -0.15) is 17.5 Å². The molecule has 3 N–H and O–H groups in total. The molecule has 13 heavy (non-hydrogen) atoms. The third-order valence-electron chi connectivity index (χ3n) is 1.56. The van der Waals surface area contributed by atoms with Crippen LogP contribution in [0.15, 0.2) is 0 Å². The molecule has 1 aliphatic heterocycles. The molecule has 0 aromatic heterocycles. The first kappa shape index (κ1) is 12.9. The van der Waals surface area contributed by atoms with E-state index in [1.54, 1.807) is 0 Å². The number of sulfonamides is 1. The lowest BCUT2D eigenvalue weighted by Gasteiger charge is -2.33. The maximum atomic E-state index is 11.8. The molecule has 4 nitrogen and oxygen atoms in total. The Labute approximate surface area is 79.3 Å². The summed E-state index contributed by atoms with van der Waals surface area (Å²) in [6, 6.07) is -0.220. The average molecular weight is 241 g/mol. The number of hydrogen-bond donors (Lipinski definition) is 1. The molecule has 0 aromatic carbocycles. The van der Waals surface area contributed by atoms with E-state index < -0.39 is 15.5 Å². The van der Waals surface area contributed by atoms with Gasteiger partial charge < -0.3 is 18.1 Å². The Bertz CT molecular complexity index is 272. The summed E-state index contributed by atoms with van der Waals surface area (Å²) in [4.78, 5) is 0. The number of quaternary nitrogens is 1. The lowest BCUT2D eigenvalue weighted by molar-refractivity contribution is -0.438. The summed E-state index contributed by atoms with van der Waals surface area (Å²) >= 11 is 0. The number of halogens is 4. The summed E-state index contributed by atoms with van der Waals surface area (Å²) in [5.41, 5.74) is -1.76. The van der Waals surface area contributed by atoms with Gasteiger partial charge in [0.15, 0.2) is 0 Å². The van der Waals surface area contributed by atoms with E-state index in [-0.39, 0.29) is 31.5 Å². The quantitative estimate of drug-likeness (QED) is 0.505. The molecule has 0 radical (unpaired) electrons. The Morgan fingerprint density at radius 2 is 1.69 bits per heavy atom. The highest BCUT2D eigenvalue weighted by molar-refractivity contribution is 7.90. The van der Waals surface area contributed by atoms with Crippen LogP contribution in [0.25, 0.3) is 0 Å². The normalized spacial score (nSPS) is 20.6. The van der Waals surface area contributed by atoms with E-state index in [0.717, 1.165) is 0 Å². The Morgan fingerprint density at radius 3 is 1.92 bits per heavy atom. The van der Waals surface area contributed by atoms with Crippen molar-refractivity contribution in [1.29, 1.82) is 0 Å². The minimum Gasteiger partial charge on any atom is -1.00 e. The summed E-state index contributed by atoms with van der Waals surface area (Å²) in [6.45, 7) is -0.274. The van der Waals surface area contributed by atoms with Crippen LogP contribution in [0.3, 0.4) is 0 Å². The van der Waals surface area contributed by atoms with Crippen molar-refractivity contribution in [3.8, 4) is 0 Å². The highest BCUT2D eigenvalue weighted by atomic mass is 35.5. The molecule has 1 aliphatic rings. The Morgan fingerprint density at radius 1 is 1.31 bits per heavy atom. The monoisotopic (exact) mass is 240 g/mol. The first-order chi connectivity index (χ1) is 5.25. The molecule has 0 bridgehead atoms. The van der Waals surface area contributed by atoms with E-state index in [2.05, 4.69) is 5.73 Å². The maximum Gasteiger partial charge on any atom is 0.511 e. The molecule has 0 aliphatic carbocycles. The number of alkyl halides is 3. The van der Waals surface area contributed by atoms with Gasteiger partial charge >= 0.3 is 15.5 Å². The van der Waals surface area contributed by atoms with Crippen LogP contribution in [0.1, 0.15) is 0 Å². The second-order valence-electron chi connectivity index (χ2n) is 2.63. The molecule has 0 unspecified atom stereocenters. The maximum absolute atomic E-state index is 11.8. The Balaban J connectivity index is 0.00000144. The molecule has 0 atom stereocenters. The van der Waals surface area contributed by atoms with E-state index >= 15 is 0 Å². The zero-order valence-electron chi connectivity index (χ0n) is 6.38. The number of hydrogen-bond acceptors (Lipinski definition) is 2. The predicted octanol–water partition coefficient (Wildman–Crippen LogP) is -4.23. The SMILES string of the molecule is [Cl-].[NH3+]C1CN(S(=O)(=O)C(F)(F)F)C1. The van der Waals surface area contributed by atoms with Crippen molar-refractivity contribution < 1.29 is 39.7 Å². The third kappa shape index (κ3) is 2.25. The van der Waals surface area contributed by atoms with Crippen LogP contribution in [0, 0.1) is 0 Å². The van der Waals surface area contributed by atoms with Crippen LogP contribution in [-0.2, 0) is 10.0 Å². The fourth-order valence-corrected chi connectivity index (χ4v) is 1.97. The van der Waals surface area contributed by atoms with Gasteiger partial charge in [0.2, 0.25) is 0 Å². The van der Waals surface area contributed by atoms with Gasteiger partial charge in [-0.3, -0.25) is 0 Å². The minimum atomic E-state index is -5.17. The van der Waals surface area contributed by atoms with Crippen molar-refractivity contribution >= 4 is 10.0 Å². The van der Waals surface area contributed by atoms with Gasteiger partial charge in [0.1, 0.15) is 6.04 Å². The van der Waals surface area contributed by atoms with Crippen LogP contribution in [0.4, 0.5) is 13.2 Å². The molecule has 1 saturated heterocycles. The van der Waals surface area contributed by atoms with Crippen molar-refractivity contribution in [1.82, 2.24) is 4.31 Å². The Hall–Kier alpha value is -0.0500. The van der Waals surface area contributed by atoms with Gasteiger partial charge in [0.05, 0.1) is 13.1 Å². The lowest BCUT2D eigenvalue weighted by Crippen LogP contribution is -3.00. The van der Waals surface area contributed by atoms with Gasteiger partial charge in [0, 0.05) is 0 Å². The smallest absolute Gasteiger partial charge is 0.511 e. The molecule has 9 heteroatoms. The van der Waals surface area contributed by atoms with Crippen molar-refractivity contribution in [2.75, 3.05) is 13.1 Å². The van der Waals surface area contributed by atoms with Gasteiger partial charge in [-0.1, -0.05) is 0 Å². The van der Waals surface area contributed by atoms with Crippen LogP contribution >= 0.6 is 0 Å². The second-order valence-corrected chi connectivity index (χ2v) is 4.56. The standard InChI is InChI=1S/C4H7F3N2O2S.ClH/c5-4(6,7)12(10,11)9-1-3(8)2-9;/h3H,1-2,8H2;1H. The highest BCUT2D eigenvalue weighted by Gasteiger charge is 2.53. The van der Waals surface area contributed by atoms with Crippen LogP contribution in [-0.4, -0.2) is 37.4 Å². The van der Waals surface area contributed by atoms with Crippen molar-refractivity contribution in [3.05, 3.63) is 0 Å². The first-order valence-corrected chi connectivity index (χ1v) is 4.58. The summed E-state index contributed by atoms with van der Waals surface area (Å²) in [7, 11) is -5.08. The molecule has 1 rings (SSSR count). The largest absolute Gasteiger partial charge is 1.00 e. The molecule has 0 saturated carbocycles. The summed E-state index contributed by atoms with van der Waals surface area (Å²) < 4.78 is 56.8. The summed E-state index contributed by atoms with van der Waals surface area (Å²) in [5.74, 6) is 0. The van der Waals surface area contributed by atoms with Crippen molar-refractivity contribution in [3.63, 3.8) is 0 Å². The van der Waals surface area contributed by atoms with Crippen molar-refractivity contribution in [2.45, 2.75) is 11.6 Å². The number of nitrogens with zero attached hydrogens (tertiary/aromatic N) is 1. The van der Waals surface area contributed by atoms with Crippen LogP contribution in [0.5, 0.6) is 0 Å². The van der Waals surface area contributed by atoms with Gasteiger partial charge in [-0.15, -0.1) is 0 Å². The van der Waals surface area contributed by atoms with Gasteiger partial charge in [-0.25, -0.2) is 8.42 Å². The fourth-order valence-electron chi connectivity index (χ4n) is 0.865. The summed E-state index contributed by atoms with van der Waals surface area (Å²) in [5, 5.41) is 0. The molecule has 0 spiro atoms. The van der Waals surface area contributed by atoms with Crippen LogP contribution in [0.2, 0.25) is 0 Å². The first-order valence-electron chi connectivity index (χ1n) is 3.14. The number of rotatable bonds is 1. The van der Waals surface area contributed by atoms with E-state index in [0.29, 0.717) is 4.31 Å². The van der Waals surface area contributed by atoms with E-state index in [4.69, 9.17) is 0 Å². The summed E-state index contributed by atoms with van der Waals surface area (Å²) in [6.07, 6.45) is 0. The van der Waals surface area contributed by atoms with Gasteiger partial charge in [-0.05, 0) is 0 Å². The molecule has 0 aromatic rings. The molecule has 1 heterocycles. The predicted molar refractivity (Wildman–Crippen MR) is 33.2 cm³/mol. The molecule has 80 valence electrons. The average Bonchev–Trinajstić information content (AvgIpc) is 1.78. The molecule has 1 fully saturated rings. The second kappa shape index (κ2) is 3.60. The molecule has 0 amide bonds. The lowest BCUT2D eigenvalue weighted by atomic mass is 10.2. The Kier molecular flexibility index (Phi) is 3.59.